The van der Waals surface area contributed by atoms with Gasteiger partial charge in [0.15, 0.2) is 0 Å². The van der Waals surface area contributed by atoms with E-state index in [-0.39, 0.29) is 0 Å². The Morgan fingerprint density at radius 3 is 2.40 bits per heavy atom. The molecule has 0 N–H and O–H groups in total. The van der Waals surface area contributed by atoms with E-state index in [1.807, 2.05) is 0 Å². The third-order valence-electron chi connectivity index (χ3n) is 5.51. The molecule has 0 heterocycles. The zero-order chi connectivity index (χ0) is 14.5. The molecular formula is C20H32. The monoisotopic (exact) mass is 272 g/mol. The van der Waals surface area contributed by atoms with Crippen LogP contribution in [0.3, 0.4) is 0 Å². The lowest BCUT2D eigenvalue weighted by molar-refractivity contribution is 0.128. The normalized spacial score (nSPS) is 28.6. The summed E-state index contributed by atoms with van der Waals surface area (Å²) in [6.45, 7) is 9.66. The van der Waals surface area contributed by atoms with Crippen LogP contribution in [0.1, 0.15) is 71.3 Å². The fourth-order valence-electron chi connectivity index (χ4n) is 4.30. The lowest BCUT2D eigenvalue weighted by Crippen LogP contribution is -2.29. The molecule has 0 nitrogen and oxygen atoms in total. The molecule has 0 aliphatic heterocycles. The third-order valence-corrected chi connectivity index (χ3v) is 5.51. The molecule has 2 rings (SSSR count). The number of hydrogen-bond donors (Lipinski definition) is 0. The topological polar surface area (TPSA) is 0 Å². The van der Waals surface area contributed by atoms with Gasteiger partial charge in [-0.2, -0.15) is 0 Å². The number of benzene rings is 1. The van der Waals surface area contributed by atoms with Gasteiger partial charge in [0.25, 0.3) is 0 Å². The SMILES string of the molecule is CC[C@@H](CC1CC(C)CCC1C(C)C)c1ccccc1. The van der Waals surface area contributed by atoms with Crippen LogP contribution < -0.4 is 0 Å². The highest BCUT2D eigenvalue weighted by Gasteiger charge is 2.32. The van der Waals surface area contributed by atoms with Gasteiger partial charge in [0.1, 0.15) is 0 Å². The van der Waals surface area contributed by atoms with E-state index in [2.05, 4.69) is 58.0 Å². The van der Waals surface area contributed by atoms with Gasteiger partial charge in [-0.15, -0.1) is 0 Å². The summed E-state index contributed by atoms with van der Waals surface area (Å²) in [7, 11) is 0. The quantitative estimate of drug-likeness (QED) is 0.592. The Labute approximate surface area is 126 Å². The maximum atomic E-state index is 2.45. The smallest absolute Gasteiger partial charge is 0.0162 e. The van der Waals surface area contributed by atoms with Gasteiger partial charge in [-0.05, 0) is 60.8 Å². The van der Waals surface area contributed by atoms with Crippen LogP contribution in [0.25, 0.3) is 0 Å². The van der Waals surface area contributed by atoms with E-state index in [9.17, 15) is 0 Å². The van der Waals surface area contributed by atoms with Crippen molar-refractivity contribution >= 4 is 0 Å². The number of hydrogen-bond acceptors (Lipinski definition) is 0. The molecule has 1 saturated carbocycles. The van der Waals surface area contributed by atoms with Crippen molar-refractivity contribution in [3.63, 3.8) is 0 Å². The highest BCUT2D eigenvalue weighted by Crippen LogP contribution is 2.43. The van der Waals surface area contributed by atoms with Crippen molar-refractivity contribution in [2.75, 3.05) is 0 Å². The summed E-state index contributed by atoms with van der Waals surface area (Å²) in [5, 5.41) is 0. The van der Waals surface area contributed by atoms with Crippen LogP contribution in [-0.2, 0) is 0 Å². The summed E-state index contributed by atoms with van der Waals surface area (Å²) < 4.78 is 0. The highest BCUT2D eigenvalue weighted by molar-refractivity contribution is 5.19. The van der Waals surface area contributed by atoms with Gasteiger partial charge in [0, 0.05) is 0 Å². The van der Waals surface area contributed by atoms with Crippen LogP contribution in [0.2, 0.25) is 0 Å². The highest BCUT2D eigenvalue weighted by atomic mass is 14.4. The molecule has 1 aliphatic rings. The molecule has 0 saturated heterocycles. The first kappa shape index (κ1) is 15.6. The lowest BCUT2D eigenvalue weighted by atomic mass is 9.66. The van der Waals surface area contributed by atoms with Crippen molar-refractivity contribution in [2.45, 2.75) is 65.7 Å². The molecule has 1 aromatic carbocycles. The minimum Gasteiger partial charge on any atom is -0.0648 e. The zero-order valence-corrected chi connectivity index (χ0v) is 13.8. The third kappa shape index (κ3) is 3.87. The van der Waals surface area contributed by atoms with Crippen LogP contribution in [0.4, 0.5) is 0 Å². The van der Waals surface area contributed by atoms with Crippen molar-refractivity contribution in [3.05, 3.63) is 35.9 Å². The summed E-state index contributed by atoms with van der Waals surface area (Å²) >= 11 is 0. The summed E-state index contributed by atoms with van der Waals surface area (Å²) in [5.41, 5.74) is 1.55. The van der Waals surface area contributed by atoms with E-state index >= 15 is 0 Å². The Morgan fingerprint density at radius 2 is 1.80 bits per heavy atom. The molecule has 0 heteroatoms. The predicted molar refractivity (Wildman–Crippen MR) is 88.9 cm³/mol. The van der Waals surface area contributed by atoms with Crippen molar-refractivity contribution in [1.82, 2.24) is 0 Å². The lowest BCUT2D eigenvalue weighted by Gasteiger charge is -2.39. The molecule has 20 heavy (non-hydrogen) atoms. The number of rotatable bonds is 5. The molecule has 1 aliphatic carbocycles. The molecule has 1 fully saturated rings. The van der Waals surface area contributed by atoms with Crippen LogP contribution >= 0.6 is 0 Å². The van der Waals surface area contributed by atoms with Crippen molar-refractivity contribution in [2.24, 2.45) is 23.7 Å². The van der Waals surface area contributed by atoms with Gasteiger partial charge >= 0.3 is 0 Å². The first-order valence-corrected chi connectivity index (χ1v) is 8.66. The molecule has 112 valence electrons. The van der Waals surface area contributed by atoms with E-state index in [1.54, 1.807) is 5.56 Å². The first-order valence-electron chi connectivity index (χ1n) is 8.66. The molecule has 4 atom stereocenters. The second-order valence-electron chi connectivity index (χ2n) is 7.34. The maximum Gasteiger partial charge on any atom is -0.0162 e. The summed E-state index contributed by atoms with van der Waals surface area (Å²) in [4.78, 5) is 0. The minimum atomic E-state index is 0.757. The first-order chi connectivity index (χ1) is 9.61. The average molecular weight is 272 g/mol. The minimum absolute atomic E-state index is 0.757. The van der Waals surface area contributed by atoms with Crippen LogP contribution in [-0.4, -0.2) is 0 Å². The largest absolute Gasteiger partial charge is 0.0648 e. The standard InChI is InChI=1S/C20H32/c1-5-17(18-9-7-6-8-10-18)14-19-13-16(4)11-12-20(19)15(2)3/h6-10,15-17,19-20H,5,11-14H2,1-4H3/t16?,17-,19?,20?/m0/s1. The van der Waals surface area contributed by atoms with E-state index in [0.717, 1.165) is 29.6 Å². The summed E-state index contributed by atoms with van der Waals surface area (Å²) in [6, 6.07) is 11.2. The van der Waals surface area contributed by atoms with E-state index in [0.29, 0.717) is 0 Å². The van der Waals surface area contributed by atoms with Crippen molar-refractivity contribution in [1.29, 1.82) is 0 Å². The molecule has 0 aromatic heterocycles. The Balaban J connectivity index is 2.08. The van der Waals surface area contributed by atoms with Crippen LogP contribution in [0.15, 0.2) is 30.3 Å². The Bertz CT molecular complexity index is 378. The fourth-order valence-corrected chi connectivity index (χ4v) is 4.30. The van der Waals surface area contributed by atoms with Gasteiger partial charge in [0.2, 0.25) is 0 Å². The molecular weight excluding hydrogens is 240 g/mol. The predicted octanol–water partition coefficient (Wildman–Crippen LogP) is 6.28. The van der Waals surface area contributed by atoms with Crippen LogP contribution in [0, 0.1) is 23.7 Å². The second kappa shape index (κ2) is 7.29. The van der Waals surface area contributed by atoms with Gasteiger partial charge in [-0.3, -0.25) is 0 Å². The maximum absolute atomic E-state index is 2.45. The fraction of sp³-hybridized carbons (Fsp3) is 0.700. The van der Waals surface area contributed by atoms with Crippen molar-refractivity contribution < 1.29 is 0 Å². The Morgan fingerprint density at radius 1 is 1.10 bits per heavy atom. The molecule has 0 bridgehead atoms. The van der Waals surface area contributed by atoms with Gasteiger partial charge in [0.05, 0.1) is 0 Å². The van der Waals surface area contributed by atoms with E-state index in [4.69, 9.17) is 0 Å². The van der Waals surface area contributed by atoms with Gasteiger partial charge in [-0.25, -0.2) is 0 Å². The van der Waals surface area contributed by atoms with E-state index < -0.39 is 0 Å². The molecule has 3 unspecified atom stereocenters. The van der Waals surface area contributed by atoms with Crippen LogP contribution in [0.5, 0.6) is 0 Å². The van der Waals surface area contributed by atoms with E-state index in [1.165, 1.54) is 32.1 Å². The summed E-state index contributed by atoms with van der Waals surface area (Å²) in [6.07, 6.45) is 7.02. The molecule has 0 amide bonds. The molecule has 0 radical (unpaired) electrons. The second-order valence-corrected chi connectivity index (χ2v) is 7.34. The van der Waals surface area contributed by atoms with Gasteiger partial charge in [-0.1, -0.05) is 64.4 Å². The zero-order valence-electron chi connectivity index (χ0n) is 13.8. The Hall–Kier alpha value is -0.780. The molecule has 0 spiro atoms. The average Bonchev–Trinajstić information content (AvgIpc) is 2.45. The molecule has 1 aromatic rings. The van der Waals surface area contributed by atoms with Crippen molar-refractivity contribution in [3.8, 4) is 0 Å². The Kier molecular flexibility index (Phi) is 5.69. The van der Waals surface area contributed by atoms with Gasteiger partial charge < -0.3 is 0 Å². The summed E-state index contributed by atoms with van der Waals surface area (Å²) in [5.74, 6) is 4.42.